The van der Waals surface area contributed by atoms with Gasteiger partial charge >= 0.3 is 0 Å². The fraction of sp³-hybridized carbons (Fsp3) is 0. The van der Waals surface area contributed by atoms with Crippen LogP contribution in [0.25, 0.3) is 88.0 Å². The summed E-state index contributed by atoms with van der Waals surface area (Å²) in [7, 11) is 0. The van der Waals surface area contributed by atoms with Crippen molar-refractivity contribution in [3.63, 3.8) is 0 Å². The van der Waals surface area contributed by atoms with E-state index in [0.29, 0.717) is 5.89 Å². The van der Waals surface area contributed by atoms with Gasteiger partial charge in [-0.25, -0.2) is 4.98 Å². The molecule has 234 valence electrons. The van der Waals surface area contributed by atoms with Crippen molar-refractivity contribution in [3.05, 3.63) is 158 Å². The van der Waals surface area contributed by atoms with Crippen LogP contribution in [-0.2, 0) is 0 Å². The fourth-order valence-corrected chi connectivity index (χ4v) is 7.54. The predicted octanol–water partition coefficient (Wildman–Crippen LogP) is 13.1. The first kappa shape index (κ1) is 27.1. The Labute approximate surface area is 285 Å². The van der Waals surface area contributed by atoms with Crippen molar-refractivity contribution in [2.75, 3.05) is 4.90 Å². The summed E-state index contributed by atoms with van der Waals surface area (Å²) in [4.78, 5) is 7.47. The molecule has 0 fully saturated rings. The van der Waals surface area contributed by atoms with Crippen LogP contribution in [0.4, 0.5) is 17.1 Å². The molecule has 8 aromatic carbocycles. The Bertz CT molecular complexity index is 3000. The van der Waals surface area contributed by atoms with E-state index in [1.807, 2.05) is 66.7 Å². The Hall–Kier alpha value is -6.85. The minimum atomic E-state index is 0.572. The molecule has 11 rings (SSSR count). The standard InChI is InChI=1S/C45H26N2O3/c1-2-11-28(12-3-1)45-46-43-38(26-37-31-13-5-4-10-27(31)18-21-36(37)44(43)50-45)47(29-19-22-34-32-14-6-8-16-39(32)48-41(34)24-29)30-20-23-35-33-15-7-9-17-40(33)49-42(35)25-30/h1-26H. The van der Waals surface area contributed by atoms with Crippen LogP contribution < -0.4 is 4.90 Å². The third-order valence-electron chi connectivity index (χ3n) is 9.87. The van der Waals surface area contributed by atoms with Gasteiger partial charge in [0.25, 0.3) is 0 Å². The number of hydrogen-bond donors (Lipinski definition) is 0. The maximum Gasteiger partial charge on any atom is 0.227 e. The van der Waals surface area contributed by atoms with Crippen molar-refractivity contribution in [3.8, 4) is 11.5 Å². The van der Waals surface area contributed by atoms with E-state index < -0.39 is 0 Å². The van der Waals surface area contributed by atoms with Crippen LogP contribution in [0.15, 0.2) is 171 Å². The average Bonchev–Trinajstić information content (AvgIpc) is 3.89. The maximum absolute atomic E-state index is 6.72. The van der Waals surface area contributed by atoms with Crippen LogP contribution >= 0.6 is 0 Å². The van der Waals surface area contributed by atoms with Crippen molar-refractivity contribution in [1.82, 2.24) is 4.98 Å². The summed E-state index contributed by atoms with van der Waals surface area (Å²) in [5, 5.41) is 8.72. The van der Waals surface area contributed by atoms with Gasteiger partial charge in [-0.2, -0.15) is 0 Å². The van der Waals surface area contributed by atoms with Gasteiger partial charge in [0.2, 0.25) is 5.89 Å². The Morgan fingerprint density at radius 1 is 0.400 bits per heavy atom. The molecule has 0 bridgehead atoms. The lowest BCUT2D eigenvalue weighted by Gasteiger charge is -2.26. The molecule has 50 heavy (non-hydrogen) atoms. The molecule has 0 atom stereocenters. The lowest BCUT2D eigenvalue weighted by atomic mass is 9.99. The molecule has 0 N–H and O–H groups in total. The smallest absolute Gasteiger partial charge is 0.227 e. The number of rotatable bonds is 4. The Morgan fingerprint density at radius 2 is 0.960 bits per heavy atom. The quantitative estimate of drug-likeness (QED) is 0.179. The third kappa shape index (κ3) is 3.98. The molecule has 0 saturated heterocycles. The fourth-order valence-electron chi connectivity index (χ4n) is 7.54. The average molecular weight is 643 g/mol. The molecule has 0 aliphatic carbocycles. The predicted molar refractivity (Wildman–Crippen MR) is 204 cm³/mol. The van der Waals surface area contributed by atoms with Crippen molar-refractivity contribution in [2.24, 2.45) is 0 Å². The van der Waals surface area contributed by atoms with Crippen LogP contribution in [0.1, 0.15) is 0 Å². The van der Waals surface area contributed by atoms with Gasteiger partial charge in [0, 0.05) is 56.0 Å². The number of fused-ring (bicyclic) bond motifs is 11. The van der Waals surface area contributed by atoms with Gasteiger partial charge < -0.3 is 18.2 Å². The van der Waals surface area contributed by atoms with Crippen LogP contribution in [0.2, 0.25) is 0 Å². The number of benzene rings is 8. The lowest BCUT2D eigenvalue weighted by Crippen LogP contribution is -2.10. The van der Waals surface area contributed by atoms with Gasteiger partial charge in [0.1, 0.15) is 27.8 Å². The van der Waals surface area contributed by atoms with E-state index in [0.717, 1.165) is 99.1 Å². The van der Waals surface area contributed by atoms with Crippen LogP contribution in [0.5, 0.6) is 0 Å². The van der Waals surface area contributed by atoms with Crippen molar-refractivity contribution < 1.29 is 13.3 Å². The second-order valence-corrected chi connectivity index (χ2v) is 12.7. The summed E-state index contributed by atoms with van der Waals surface area (Å²) in [6.45, 7) is 0. The summed E-state index contributed by atoms with van der Waals surface area (Å²) in [6, 6.07) is 54.3. The number of furan rings is 2. The first-order chi connectivity index (χ1) is 24.8. The first-order valence-corrected chi connectivity index (χ1v) is 16.7. The highest BCUT2D eigenvalue weighted by Crippen LogP contribution is 2.46. The van der Waals surface area contributed by atoms with Crippen molar-refractivity contribution >= 4 is 93.6 Å². The minimum Gasteiger partial charge on any atom is -0.456 e. The zero-order chi connectivity index (χ0) is 32.8. The van der Waals surface area contributed by atoms with E-state index in [9.17, 15) is 0 Å². The summed E-state index contributed by atoms with van der Waals surface area (Å²) in [6.07, 6.45) is 0. The Kier molecular flexibility index (Phi) is 5.60. The van der Waals surface area contributed by atoms with Gasteiger partial charge in [0.05, 0.1) is 5.69 Å². The molecule has 5 heteroatoms. The maximum atomic E-state index is 6.72. The van der Waals surface area contributed by atoms with Crippen LogP contribution in [-0.4, -0.2) is 4.98 Å². The van der Waals surface area contributed by atoms with E-state index in [1.165, 1.54) is 0 Å². The van der Waals surface area contributed by atoms with Gasteiger partial charge in [-0.3, -0.25) is 0 Å². The molecule has 0 aliphatic rings. The molecule has 0 saturated carbocycles. The number of anilines is 3. The van der Waals surface area contributed by atoms with E-state index in [2.05, 4.69) is 95.9 Å². The highest BCUT2D eigenvalue weighted by Gasteiger charge is 2.24. The number of nitrogens with zero attached hydrogens (tertiary/aromatic N) is 2. The Morgan fingerprint density at radius 3 is 1.64 bits per heavy atom. The minimum absolute atomic E-state index is 0.572. The molecule has 3 heterocycles. The van der Waals surface area contributed by atoms with Crippen molar-refractivity contribution in [1.29, 1.82) is 0 Å². The number of hydrogen-bond acceptors (Lipinski definition) is 5. The zero-order valence-electron chi connectivity index (χ0n) is 26.6. The van der Waals surface area contributed by atoms with Crippen LogP contribution in [0.3, 0.4) is 0 Å². The highest BCUT2D eigenvalue weighted by molar-refractivity contribution is 6.19. The van der Waals surface area contributed by atoms with E-state index in [-0.39, 0.29) is 0 Å². The molecular formula is C45H26N2O3. The molecule has 0 aliphatic heterocycles. The van der Waals surface area contributed by atoms with Gasteiger partial charge in [-0.15, -0.1) is 0 Å². The van der Waals surface area contributed by atoms with Gasteiger partial charge in [-0.1, -0.05) is 84.9 Å². The second kappa shape index (κ2) is 10.3. The summed E-state index contributed by atoms with van der Waals surface area (Å²) in [5.74, 6) is 0.572. The van der Waals surface area contributed by atoms with Crippen LogP contribution in [0, 0.1) is 0 Å². The topological polar surface area (TPSA) is 55.6 Å². The molecule has 3 aromatic heterocycles. The van der Waals surface area contributed by atoms with Gasteiger partial charge in [-0.05, 0) is 76.8 Å². The summed E-state index contributed by atoms with van der Waals surface area (Å²) in [5.41, 5.74) is 8.51. The molecule has 5 nitrogen and oxygen atoms in total. The summed E-state index contributed by atoms with van der Waals surface area (Å²) < 4.78 is 19.6. The molecule has 11 aromatic rings. The highest BCUT2D eigenvalue weighted by atomic mass is 16.3. The summed E-state index contributed by atoms with van der Waals surface area (Å²) >= 11 is 0. The van der Waals surface area contributed by atoms with E-state index >= 15 is 0 Å². The molecular weight excluding hydrogens is 617 g/mol. The second-order valence-electron chi connectivity index (χ2n) is 12.7. The van der Waals surface area contributed by atoms with E-state index in [4.69, 9.17) is 18.2 Å². The number of oxazole rings is 1. The van der Waals surface area contributed by atoms with Crippen molar-refractivity contribution in [2.45, 2.75) is 0 Å². The first-order valence-electron chi connectivity index (χ1n) is 16.7. The monoisotopic (exact) mass is 642 g/mol. The lowest BCUT2D eigenvalue weighted by molar-refractivity contribution is 0.623. The number of para-hydroxylation sites is 2. The Balaban J connectivity index is 1.25. The molecule has 0 amide bonds. The largest absolute Gasteiger partial charge is 0.456 e. The SMILES string of the molecule is c1ccc(-c2nc3c(N(c4ccc5c(c4)oc4ccccc45)c4ccc5c(c4)oc4ccccc45)cc4c5ccccc5ccc4c3o2)cc1. The molecule has 0 spiro atoms. The molecule has 0 unspecified atom stereocenters. The third-order valence-corrected chi connectivity index (χ3v) is 9.87. The molecule has 0 radical (unpaired) electrons. The zero-order valence-corrected chi connectivity index (χ0v) is 26.6. The van der Waals surface area contributed by atoms with E-state index in [1.54, 1.807) is 0 Å². The van der Waals surface area contributed by atoms with Gasteiger partial charge in [0.15, 0.2) is 5.58 Å². The normalized spacial score (nSPS) is 12.0. The number of aromatic nitrogens is 1.